The molecule has 7 heteroatoms. The highest BCUT2D eigenvalue weighted by Gasteiger charge is 2.33. The maximum atomic E-state index is 12.5. The van der Waals surface area contributed by atoms with E-state index in [1.807, 2.05) is 4.90 Å². The number of carbonyl (C=O) groups excluding carboxylic acids is 2. The van der Waals surface area contributed by atoms with Crippen molar-refractivity contribution in [2.45, 2.75) is 76.3 Å². The molecule has 0 radical (unpaired) electrons. The van der Waals surface area contributed by atoms with Crippen molar-refractivity contribution in [2.24, 2.45) is 17.6 Å². The average Bonchev–Trinajstić information content (AvgIpc) is 3.12. The minimum atomic E-state index is 0. The minimum absolute atomic E-state index is 0. The number of nitrogens with two attached hydrogens (primary N) is 1. The summed E-state index contributed by atoms with van der Waals surface area (Å²) < 4.78 is 0. The summed E-state index contributed by atoms with van der Waals surface area (Å²) in [5.74, 6) is 0.622. The van der Waals surface area contributed by atoms with Crippen LogP contribution in [0, 0.1) is 11.8 Å². The second-order valence-corrected chi connectivity index (χ2v) is 8.09. The molecule has 0 aromatic carbocycles. The summed E-state index contributed by atoms with van der Waals surface area (Å²) in [6.45, 7) is 2.07. The van der Waals surface area contributed by atoms with Gasteiger partial charge in [-0.1, -0.05) is 25.7 Å². The van der Waals surface area contributed by atoms with Crippen LogP contribution in [0.1, 0.15) is 64.2 Å². The van der Waals surface area contributed by atoms with Crippen LogP contribution in [0.25, 0.3) is 0 Å². The summed E-state index contributed by atoms with van der Waals surface area (Å²) >= 11 is 0. The topological polar surface area (TPSA) is 87.5 Å². The van der Waals surface area contributed by atoms with Gasteiger partial charge in [0.25, 0.3) is 0 Å². The van der Waals surface area contributed by atoms with Crippen LogP contribution in [0.3, 0.4) is 0 Å². The molecule has 2 atom stereocenters. The smallest absolute Gasteiger partial charge is 0.317 e. The number of amides is 3. The number of likely N-dealkylation sites (tertiary alicyclic amines) is 1. The lowest BCUT2D eigenvalue weighted by atomic mass is 9.94. The predicted molar refractivity (Wildman–Crippen MR) is 105 cm³/mol. The zero-order valence-corrected chi connectivity index (χ0v) is 16.6. The van der Waals surface area contributed by atoms with Crippen molar-refractivity contribution < 1.29 is 9.59 Å². The van der Waals surface area contributed by atoms with Crippen LogP contribution in [0.15, 0.2) is 0 Å². The Hall–Kier alpha value is -1.01. The Bertz CT molecular complexity index is 462. The molecule has 150 valence electrons. The van der Waals surface area contributed by atoms with Gasteiger partial charge in [0.2, 0.25) is 5.91 Å². The molecule has 0 aromatic rings. The van der Waals surface area contributed by atoms with Gasteiger partial charge in [-0.25, -0.2) is 4.79 Å². The highest BCUT2D eigenvalue weighted by atomic mass is 35.5. The lowest BCUT2D eigenvalue weighted by molar-refractivity contribution is -0.126. The molecule has 1 aliphatic heterocycles. The number of urea groups is 1. The van der Waals surface area contributed by atoms with Crippen LogP contribution in [-0.2, 0) is 4.79 Å². The predicted octanol–water partition coefficient (Wildman–Crippen LogP) is 2.41. The molecular formula is C19H35ClN4O2. The quantitative estimate of drug-likeness (QED) is 0.693. The summed E-state index contributed by atoms with van der Waals surface area (Å²) in [7, 11) is 0. The van der Waals surface area contributed by atoms with Gasteiger partial charge < -0.3 is 21.3 Å². The van der Waals surface area contributed by atoms with E-state index in [9.17, 15) is 9.59 Å². The fourth-order valence-corrected chi connectivity index (χ4v) is 4.71. The van der Waals surface area contributed by atoms with Gasteiger partial charge in [0.15, 0.2) is 0 Å². The third kappa shape index (κ3) is 5.49. The van der Waals surface area contributed by atoms with E-state index in [-0.39, 0.29) is 36.3 Å². The van der Waals surface area contributed by atoms with Crippen molar-refractivity contribution in [1.29, 1.82) is 0 Å². The molecule has 3 amide bonds. The Morgan fingerprint density at radius 2 is 1.50 bits per heavy atom. The van der Waals surface area contributed by atoms with E-state index in [2.05, 4.69) is 10.6 Å². The number of nitrogens with zero attached hydrogens (tertiary/aromatic N) is 1. The number of halogens is 1. The minimum Gasteiger partial charge on any atom is -0.353 e. The number of piperidine rings is 1. The molecule has 2 aliphatic carbocycles. The zero-order chi connectivity index (χ0) is 17.6. The van der Waals surface area contributed by atoms with Crippen LogP contribution in [0.2, 0.25) is 0 Å². The standard InChI is InChI=1S/C19H34N4O2.ClH/c20-13-14-5-4-8-17(14)18(24)21-16-9-11-23(12-10-16)19(25)22-15-6-2-1-3-7-15;/h14-17H,1-13,20H2,(H,21,24)(H,22,25);1H/t14-,17-;/m1./s1. The first-order valence-corrected chi connectivity index (χ1v) is 10.2. The van der Waals surface area contributed by atoms with Crippen molar-refractivity contribution in [2.75, 3.05) is 19.6 Å². The molecule has 0 bridgehead atoms. The number of hydrogen-bond donors (Lipinski definition) is 3. The van der Waals surface area contributed by atoms with Gasteiger partial charge in [0.05, 0.1) is 0 Å². The summed E-state index contributed by atoms with van der Waals surface area (Å²) in [5, 5.41) is 6.40. The Kier molecular flexibility index (Phi) is 8.48. The van der Waals surface area contributed by atoms with Gasteiger partial charge in [-0.3, -0.25) is 4.79 Å². The van der Waals surface area contributed by atoms with Gasteiger partial charge >= 0.3 is 6.03 Å². The van der Waals surface area contributed by atoms with Crippen LogP contribution in [0.4, 0.5) is 4.79 Å². The van der Waals surface area contributed by atoms with Gasteiger partial charge in [0.1, 0.15) is 0 Å². The molecular weight excluding hydrogens is 352 g/mol. The molecule has 3 rings (SSSR count). The van der Waals surface area contributed by atoms with Crippen molar-refractivity contribution >= 4 is 24.3 Å². The molecule has 1 heterocycles. The molecule has 3 aliphatic rings. The van der Waals surface area contributed by atoms with Crippen molar-refractivity contribution in [3.63, 3.8) is 0 Å². The SMILES string of the molecule is Cl.NC[C@H]1CCC[C@H]1C(=O)NC1CCN(C(=O)NC2CCCCC2)CC1. The first kappa shape index (κ1) is 21.3. The molecule has 4 N–H and O–H groups in total. The van der Waals surface area contributed by atoms with E-state index in [0.717, 1.165) is 58.0 Å². The van der Waals surface area contributed by atoms with Crippen LogP contribution < -0.4 is 16.4 Å². The lowest BCUT2D eigenvalue weighted by Crippen LogP contribution is -2.52. The summed E-state index contributed by atoms with van der Waals surface area (Å²) in [4.78, 5) is 26.8. The highest BCUT2D eigenvalue weighted by Crippen LogP contribution is 2.31. The van der Waals surface area contributed by atoms with Gasteiger partial charge in [0, 0.05) is 31.1 Å². The zero-order valence-electron chi connectivity index (χ0n) is 15.8. The van der Waals surface area contributed by atoms with Crippen LogP contribution in [0.5, 0.6) is 0 Å². The molecule has 2 saturated carbocycles. The highest BCUT2D eigenvalue weighted by molar-refractivity contribution is 5.85. The largest absolute Gasteiger partial charge is 0.353 e. The van der Waals surface area contributed by atoms with E-state index in [4.69, 9.17) is 5.73 Å². The van der Waals surface area contributed by atoms with Crippen molar-refractivity contribution in [3.05, 3.63) is 0 Å². The molecule has 26 heavy (non-hydrogen) atoms. The first-order chi connectivity index (χ1) is 12.2. The van der Waals surface area contributed by atoms with Crippen molar-refractivity contribution in [1.82, 2.24) is 15.5 Å². The summed E-state index contributed by atoms with van der Waals surface area (Å²) in [6, 6.07) is 0.634. The summed E-state index contributed by atoms with van der Waals surface area (Å²) in [6.07, 6.45) is 10.8. The maximum absolute atomic E-state index is 12.5. The Morgan fingerprint density at radius 3 is 2.15 bits per heavy atom. The molecule has 1 saturated heterocycles. The molecule has 6 nitrogen and oxygen atoms in total. The number of hydrogen-bond acceptors (Lipinski definition) is 3. The first-order valence-electron chi connectivity index (χ1n) is 10.2. The summed E-state index contributed by atoms with van der Waals surface area (Å²) in [5.41, 5.74) is 5.79. The molecule has 3 fully saturated rings. The average molecular weight is 387 g/mol. The van der Waals surface area contributed by atoms with Gasteiger partial charge in [-0.05, 0) is 51.0 Å². The van der Waals surface area contributed by atoms with E-state index in [0.29, 0.717) is 18.5 Å². The van der Waals surface area contributed by atoms with E-state index < -0.39 is 0 Å². The normalized spacial score (nSPS) is 27.7. The number of rotatable bonds is 4. The van der Waals surface area contributed by atoms with Crippen LogP contribution in [-0.4, -0.2) is 48.6 Å². The van der Waals surface area contributed by atoms with Gasteiger partial charge in [-0.2, -0.15) is 0 Å². The fourth-order valence-electron chi connectivity index (χ4n) is 4.71. The third-order valence-electron chi connectivity index (χ3n) is 6.36. The molecule has 0 unspecified atom stereocenters. The van der Waals surface area contributed by atoms with E-state index in [1.54, 1.807) is 0 Å². The molecule has 0 spiro atoms. The second-order valence-electron chi connectivity index (χ2n) is 8.09. The van der Waals surface area contributed by atoms with Crippen LogP contribution >= 0.6 is 12.4 Å². The number of carbonyl (C=O) groups is 2. The van der Waals surface area contributed by atoms with Gasteiger partial charge in [-0.15, -0.1) is 12.4 Å². The maximum Gasteiger partial charge on any atom is 0.317 e. The Balaban J connectivity index is 0.00000243. The monoisotopic (exact) mass is 386 g/mol. The Morgan fingerprint density at radius 1 is 0.846 bits per heavy atom. The van der Waals surface area contributed by atoms with E-state index in [1.165, 1.54) is 19.3 Å². The number of nitrogens with one attached hydrogen (secondary N) is 2. The fraction of sp³-hybridized carbons (Fsp3) is 0.895. The Labute approximate surface area is 163 Å². The van der Waals surface area contributed by atoms with Crippen molar-refractivity contribution in [3.8, 4) is 0 Å². The lowest BCUT2D eigenvalue weighted by Gasteiger charge is -2.34. The van der Waals surface area contributed by atoms with E-state index >= 15 is 0 Å². The molecule has 0 aromatic heterocycles. The third-order valence-corrected chi connectivity index (χ3v) is 6.36. The second kappa shape index (κ2) is 10.4.